The van der Waals surface area contributed by atoms with Gasteiger partial charge < -0.3 is 25.5 Å². The van der Waals surface area contributed by atoms with Gasteiger partial charge in [-0.2, -0.15) is 0 Å². The van der Waals surface area contributed by atoms with Crippen LogP contribution in [0.1, 0.15) is 52.9 Å². The summed E-state index contributed by atoms with van der Waals surface area (Å²) in [5.41, 5.74) is -3.05. The minimum atomic E-state index is -1.43. The Morgan fingerprint density at radius 3 is 2.24 bits per heavy atom. The Hall–Kier alpha value is -0.460. The fourth-order valence-corrected chi connectivity index (χ4v) is 7.13. The predicted octanol–water partition coefficient (Wildman–Crippen LogP) is 0.974. The maximum Gasteiger partial charge on any atom is 0.0983 e. The average Bonchev–Trinajstić information content (AvgIpc) is 2.61. The average molecular weight is 352 g/mol. The molecule has 0 aliphatic heterocycles. The predicted molar refractivity (Wildman–Crippen MR) is 92.5 cm³/mol. The van der Waals surface area contributed by atoms with Crippen LogP contribution >= 0.6 is 0 Å². The van der Waals surface area contributed by atoms with E-state index >= 15 is 0 Å². The van der Waals surface area contributed by atoms with Gasteiger partial charge in [0.05, 0.1) is 29.5 Å². The summed E-state index contributed by atoms with van der Waals surface area (Å²) < 4.78 is 0. The third-order valence-corrected chi connectivity index (χ3v) is 8.52. The molecule has 25 heavy (non-hydrogen) atoms. The Morgan fingerprint density at radius 2 is 1.60 bits per heavy atom. The molecule has 4 rings (SSSR count). The Kier molecular flexibility index (Phi) is 3.49. The number of hydrogen-bond donors (Lipinski definition) is 5. The highest BCUT2D eigenvalue weighted by Crippen LogP contribution is 2.69. The van der Waals surface area contributed by atoms with Crippen molar-refractivity contribution < 1.29 is 25.5 Å². The third-order valence-electron chi connectivity index (χ3n) is 8.52. The fourth-order valence-electron chi connectivity index (χ4n) is 7.13. The summed E-state index contributed by atoms with van der Waals surface area (Å²) in [6.45, 7) is 9.59. The molecule has 0 unspecified atom stereocenters. The molecule has 5 N–H and O–H groups in total. The lowest BCUT2D eigenvalue weighted by atomic mass is 9.45. The Bertz CT molecular complexity index is 609. The van der Waals surface area contributed by atoms with Crippen LogP contribution in [0, 0.1) is 28.6 Å². The van der Waals surface area contributed by atoms with E-state index in [1.54, 1.807) is 20.8 Å². The van der Waals surface area contributed by atoms with Crippen molar-refractivity contribution in [2.45, 2.75) is 82.4 Å². The molecule has 0 aromatic carbocycles. The zero-order valence-electron chi connectivity index (χ0n) is 15.4. The molecular weight excluding hydrogens is 320 g/mol. The summed E-state index contributed by atoms with van der Waals surface area (Å²) in [7, 11) is 0. The third kappa shape index (κ3) is 1.97. The van der Waals surface area contributed by atoms with E-state index < -0.39 is 40.3 Å². The molecular formula is C20H32O5. The molecule has 4 saturated carbocycles. The lowest BCUT2D eigenvalue weighted by molar-refractivity contribution is -0.249. The van der Waals surface area contributed by atoms with Crippen LogP contribution in [-0.2, 0) is 0 Å². The van der Waals surface area contributed by atoms with Crippen LogP contribution in [0.3, 0.4) is 0 Å². The summed E-state index contributed by atoms with van der Waals surface area (Å²) in [5, 5.41) is 55.1. The van der Waals surface area contributed by atoms with Gasteiger partial charge in [-0.05, 0) is 44.9 Å². The fraction of sp³-hybridized carbons (Fsp3) is 0.900. The van der Waals surface area contributed by atoms with Crippen molar-refractivity contribution in [1.29, 1.82) is 0 Å². The van der Waals surface area contributed by atoms with Gasteiger partial charge in [0.1, 0.15) is 0 Å². The van der Waals surface area contributed by atoms with E-state index in [4.69, 9.17) is 0 Å². The highest BCUT2D eigenvalue weighted by molar-refractivity contribution is 5.32. The van der Waals surface area contributed by atoms with Crippen molar-refractivity contribution in [2.75, 3.05) is 0 Å². The molecule has 4 aliphatic rings. The van der Waals surface area contributed by atoms with Gasteiger partial charge in [0.15, 0.2) is 0 Å². The van der Waals surface area contributed by atoms with E-state index in [0.717, 1.165) is 18.4 Å². The van der Waals surface area contributed by atoms with Gasteiger partial charge in [-0.25, -0.2) is 0 Å². The standard InChI is InChI=1S/C20H32O5/c1-10-11-5-6-12-15(22)19(11,8-18(12,4)24)9-20(25)13(10)7-14(21)17(2,3)16(20)23/h11-16,21-25H,1,5-9H2,2-4H3/t11-,12+,13+,14-,15-,16-,18+,19+,20-/m0/s1. The van der Waals surface area contributed by atoms with Crippen molar-refractivity contribution in [1.82, 2.24) is 0 Å². The summed E-state index contributed by atoms with van der Waals surface area (Å²) in [6, 6.07) is 0. The largest absolute Gasteiger partial charge is 0.392 e. The summed E-state index contributed by atoms with van der Waals surface area (Å²) >= 11 is 0. The van der Waals surface area contributed by atoms with E-state index in [1.807, 2.05) is 0 Å². The van der Waals surface area contributed by atoms with Gasteiger partial charge in [-0.3, -0.25) is 0 Å². The molecule has 9 atom stereocenters. The summed E-state index contributed by atoms with van der Waals surface area (Å²) in [4.78, 5) is 0. The molecule has 2 bridgehead atoms. The number of fused-ring (bicyclic) bond motifs is 2. The van der Waals surface area contributed by atoms with E-state index in [9.17, 15) is 25.5 Å². The second-order valence-electron chi connectivity index (χ2n) is 10.2. The quantitative estimate of drug-likeness (QED) is 0.418. The molecule has 0 amide bonds. The molecule has 1 spiro atoms. The maximum absolute atomic E-state index is 11.6. The summed E-state index contributed by atoms with van der Waals surface area (Å²) in [6.07, 6.45) is 0.0811. The summed E-state index contributed by atoms with van der Waals surface area (Å²) in [5.74, 6) is -0.565. The van der Waals surface area contributed by atoms with Crippen molar-refractivity contribution in [3.63, 3.8) is 0 Å². The molecule has 0 radical (unpaired) electrons. The van der Waals surface area contributed by atoms with Crippen LogP contribution in [0.15, 0.2) is 12.2 Å². The molecule has 4 fully saturated rings. The molecule has 142 valence electrons. The van der Waals surface area contributed by atoms with Gasteiger partial charge in [0.25, 0.3) is 0 Å². The normalized spacial score (nSPS) is 60.1. The van der Waals surface area contributed by atoms with Gasteiger partial charge in [-0.1, -0.05) is 26.0 Å². The van der Waals surface area contributed by atoms with E-state index in [1.165, 1.54) is 0 Å². The first-order chi connectivity index (χ1) is 11.4. The first kappa shape index (κ1) is 17.9. The van der Waals surface area contributed by atoms with Gasteiger partial charge in [0, 0.05) is 22.7 Å². The van der Waals surface area contributed by atoms with Crippen molar-refractivity contribution in [2.24, 2.45) is 28.6 Å². The van der Waals surface area contributed by atoms with E-state index in [0.29, 0.717) is 12.8 Å². The molecule has 0 heterocycles. The minimum Gasteiger partial charge on any atom is -0.392 e. The molecule has 5 nitrogen and oxygen atoms in total. The van der Waals surface area contributed by atoms with E-state index in [2.05, 4.69) is 6.58 Å². The zero-order valence-corrected chi connectivity index (χ0v) is 15.4. The first-order valence-electron chi connectivity index (χ1n) is 9.55. The highest BCUT2D eigenvalue weighted by atomic mass is 16.4. The number of rotatable bonds is 0. The second-order valence-corrected chi connectivity index (χ2v) is 10.2. The number of aliphatic hydroxyl groups excluding tert-OH is 3. The molecule has 0 saturated heterocycles. The molecule has 0 aromatic rings. The van der Waals surface area contributed by atoms with Crippen LogP contribution in [-0.4, -0.2) is 55.0 Å². The van der Waals surface area contributed by atoms with Crippen molar-refractivity contribution in [3.05, 3.63) is 12.2 Å². The Labute approximate surface area is 149 Å². The van der Waals surface area contributed by atoms with Crippen LogP contribution in [0.2, 0.25) is 0 Å². The monoisotopic (exact) mass is 352 g/mol. The van der Waals surface area contributed by atoms with Crippen molar-refractivity contribution >= 4 is 0 Å². The topological polar surface area (TPSA) is 101 Å². The molecule has 0 aromatic heterocycles. The zero-order chi connectivity index (χ0) is 18.6. The van der Waals surface area contributed by atoms with Crippen LogP contribution < -0.4 is 0 Å². The van der Waals surface area contributed by atoms with Crippen LogP contribution in [0.4, 0.5) is 0 Å². The number of hydrogen-bond acceptors (Lipinski definition) is 5. The van der Waals surface area contributed by atoms with E-state index in [-0.39, 0.29) is 24.2 Å². The van der Waals surface area contributed by atoms with Crippen LogP contribution in [0.25, 0.3) is 0 Å². The maximum atomic E-state index is 11.6. The van der Waals surface area contributed by atoms with Crippen LogP contribution in [0.5, 0.6) is 0 Å². The Balaban J connectivity index is 1.82. The highest BCUT2D eigenvalue weighted by Gasteiger charge is 2.72. The lowest BCUT2D eigenvalue weighted by Crippen LogP contribution is -2.69. The Morgan fingerprint density at radius 1 is 0.960 bits per heavy atom. The van der Waals surface area contributed by atoms with Gasteiger partial charge in [0.2, 0.25) is 0 Å². The minimum absolute atomic E-state index is 0.0126. The van der Waals surface area contributed by atoms with Gasteiger partial charge in [-0.15, -0.1) is 0 Å². The second kappa shape index (κ2) is 4.87. The first-order valence-corrected chi connectivity index (χ1v) is 9.55. The number of aliphatic hydroxyl groups is 5. The van der Waals surface area contributed by atoms with Gasteiger partial charge >= 0.3 is 0 Å². The lowest BCUT2D eigenvalue weighted by Gasteiger charge is -2.63. The smallest absolute Gasteiger partial charge is 0.0983 e. The SMILES string of the molecule is C=C1[C@H]2C[C@H](O)C(C)(C)[C@H](O)[C@]2(O)C[C@]23C[C@@](C)(O)[C@H](CC[C@@H]12)[C@@H]3O. The van der Waals surface area contributed by atoms with Crippen molar-refractivity contribution in [3.8, 4) is 0 Å². The molecule has 4 aliphatic carbocycles. The molecule has 5 heteroatoms.